The zero-order chi connectivity index (χ0) is 29.7. The summed E-state index contributed by atoms with van der Waals surface area (Å²) in [5, 5.41) is 0. The number of hydrogen-bond donors (Lipinski definition) is 0. The summed E-state index contributed by atoms with van der Waals surface area (Å²) in [5.41, 5.74) is 5.68. The van der Waals surface area contributed by atoms with Gasteiger partial charge in [0.15, 0.2) is 0 Å². The van der Waals surface area contributed by atoms with Crippen molar-refractivity contribution in [3.05, 3.63) is 182 Å². The van der Waals surface area contributed by atoms with Gasteiger partial charge in [-0.3, -0.25) is 0 Å². The molecule has 7 rings (SSSR count). The fourth-order valence-electron chi connectivity index (χ4n) is 6.46. The molecule has 0 heterocycles. The molecule has 43 heavy (non-hydrogen) atoms. The molecule has 5 aromatic carbocycles. The molecular formula is C37H23F5Zr. The molecule has 210 valence electrons. The van der Waals surface area contributed by atoms with Gasteiger partial charge in [-0.1, -0.05) is 0 Å². The molecule has 0 spiro atoms. The topological polar surface area (TPSA) is 0 Å². The Kier molecular flexibility index (Phi) is 7.27. The quantitative estimate of drug-likeness (QED) is 0.101. The van der Waals surface area contributed by atoms with Gasteiger partial charge >= 0.3 is 255 Å². The Bertz CT molecular complexity index is 1880. The Balaban J connectivity index is 1.65. The molecule has 0 amide bonds. The van der Waals surface area contributed by atoms with Crippen LogP contribution in [0.15, 0.2) is 125 Å². The molecular weight excluding hydrogens is 631 g/mol. The van der Waals surface area contributed by atoms with Gasteiger partial charge < -0.3 is 0 Å². The average Bonchev–Trinajstić information content (AvgIpc) is 3.66. The Morgan fingerprint density at radius 1 is 0.535 bits per heavy atom. The van der Waals surface area contributed by atoms with E-state index in [1.165, 1.54) is 6.08 Å². The molecule has 0 aliphatic heterocycles. The summed E-state index contributed by atoms with van der Waals surface area (Å²) in [6.45, 7) is 0. The maximum absolute atomic E-state index is 15.4. The monoisotopic (exact) mass is 652 g/mol. The minimum absolute atomic E-state index is 0.101. The van der Waals surface area contributed by atoms with Gasteiger partial charge in [0.2, 0.25) is 0 Å². The van der Waals surface area contributed by atoms with Crippen molar-refractivity contribution in [2.75, 3.05) is 0 Å². The van der Waals surface area contributed by atoms with Crippen LogP contribution in [0, 0.1) is 29.1 Å². The van der Waals surface area contributed by atoms with E-state index < -0.39 is 55.9 Å². The first-order valence-electron chi connectivity index (χ1n) is 13.9. The van der Waals surface area contributed by atoms with Gasteiger partial charge in [-0.15, -0.1) is 0 Å². The van der Waals surface area contributed by atoms with Crippen molar-refractivity contribution >= 4 is 8.78 Å². The number of fused-ring (bicyclic) bond motifs is 3. The number of allylic oxidation sites excluding steroid dienone is 4. The number of rotatable bonds is 5. The zero-order valence-electron chi connectivity index (χ0n) is 22.7. The fraction of sp³-hybridized carbons (Fsp3) is 0.0541. The van der Waals surface area contributed by atoms with Crippen molar-refractivity contribution in [2.45, 2.75) is 10.0 Å². The predicted octanol–water partition coefficient (Wildman–Crippen LogP) is 9.71. The van der Waals surface area contributed by atoms with Gasteiger partial charge in [0.25, 0.3) is 0 Å². The van der Waals surface area contributed by atoms with Crippen LogP contribution in [0.2, 0.25) is 0 Å². The third-order valence-electron chi connectivity index (χ3n) is 8.25. The van der Waals surface area contributed by atoms with Crippen molar-refractivity contribution < 1.29 is 43.2 Å². The van der Waals surface area contributed by atoms with E-state index in [0.717, 1.165) is 39.9 Å². The molecule has 2 aliphatic rings. The van der Waals surface area contributed by atoms with Crippen molar-refractivity contribution in [1.82, 2.24) is 0 Å². The Morgan fingerprint density at radius 2 is 0.977 bits per heavy atom. The third-order valence-corrected chi connectivity index (χ3v) is 16.7. The Hall–Kier alpha value is -4.02. The van der Waals surface area contributed by atoms with Crippen molar-refractivity contribution in [1.29, 1.82) is 0 Å². The van der Waals surface area contributed by atoms with Crippen LogP contribution in [0.4, 0.5) is 22.0 Å². The zero-order valence-corrected chi connectivity index (χ0v) is 25.2. The molecule has 0 radical (unpaired) electrons. The molecule has 0 saturated carbocycles. The summed E-state index contributed by atoms with van der Waals surface area (Å²) in [6.07, 6.45) is 3.69. The van der Waals surface area contributed by atoms with Crippen LogP contribution in [0.1, 0.15) is 37.9 Å². The van der Waals surface area contributed by atoms with Crippen molar-refractivity contribution in [3.8, 4) is 11.1 Å². The molecule has 2 aliphatic carbocycles. The van der Waals surface area contributed by atoms with E-state index in [-0.39, 0.29) is 9.20 Å². The molecule has 0 N–H and O–H groups in total. The maximum atomic E-state index is 15.4. The van der Waals surface area contributed by atoms with E-state index in [4.69, 9.17) is 0 Å². The van der Waals surface area contributed by atoms with Crippen LogP contribution in [0.25, 0.3) is 16.7 Å². The van der Waals surface area contributed by atoms with Crippen molar-refractivity contribution in [2.24, 2.45) is 0 Å². The van der Waals surface area contributed by atoms with Gasteiger partial charge in [0.05, 0.1) is 0 Å². The van der Waals surface area contributed by atoms with E-state index in [9.17, 15) is 13.2 Å². The molecule has 0 atom stereocenters. The molecule has 0 fully saturated rings. The van der Waals surface area contributed by atoms with Crippen LogP contribution < -0.4 is 0 Å². The third kappa shape index (κ3) is 4.55. The second kappa shape index (κ2) is 11.2. The van der Waals surface area contributed by atoms with E-state index in [2.05, 4.69) is 24.3 Å². The molecule has 0 saturated heterocycles. The van der Waals surface area contributed by atoms with Gasteiger partial charge in [-0.2, -0.15) is 0 Å². The van der Waals surface area contributed by atoms with E-state index in [0.29, 0.717) is 6.42 Å². The van der Waals surface area contributed by atoms with Crippen LogP contribution >= 0.6 is 0 Å². The number of benzene rings is 5. The average molecular weight is 654 g/mol. The van der Waals surface area contributed by atoms with Gasteiger partial charge in [0, 0.05) is 0 Å². The summed E-state index contributed by atoms with van der Waals surface area (Å²) in [4.78, 5) is 0. The molecule has 5 aromatic rings. The Morgan fingerprint density at radius 3 is 1.49 bits per heavy atom. The Labute approximate surface area is 253 Å². The van der Waals surface area contributed by atoms with Crippen molar-refractivity contribution in [3.63, 3.8) is 0 Å². The number of halogens is 5. The first-order valence-corrected chi connectivity index (χ1v) is 17.8. The molecule has 6 heteroatoms. The minimum atomic E-state index is -3.51. The second-order valence-electron chi connectivity index (χ2n) is 10.6. The van der Waals surface area contributed by atoms with Crippen LogP contribution in [-0.4, -0.2) is 3.21 Å². The van der Waals surface area contributed by atoms with Crippen LogP contribution in [0.3, 0.4) is 0 Å². The first-order chi connectivity index (χ1) is 21.0. The molecule has 0 unspecified atom stereocenters. The first kappa shape index (κ1) is 27.8. The number of hydrogen-bond acceptors (Lipinski definition) is 0. The molecule has 0 bridgehead atoms. The van der Waals surface area contributed by atoms with Crippen LogP contribution in [-0.2, 0) is 21.3 Å². The van der Waals surface area contributed by atoms with Gasteiger partial charge in [0.1, 0.15) is 0 Å². The van der Waals surface area contributed by atoms with E-state index in [1.54, 1.807) is 6.08 Å². The SMILES string of the molecule is Fc1c(F)c(F)c(C2=[C]([Zr](=[C](c3ccccc3)c3ccccc3)[CH]3c4ccccc4-c4ccccc43)CC=C2)c(F)c1F. The van der Waals surface area contributed by atoms with Gasteiger partial charge in [-0.25, -0.2) is 0 Å². The standard InChI is InChI=1S/C13H9.C13H10.C11H4F5.Zr/c1-3-7-12-10(5-1)9-11-6-2-4-8-13(11)12;1-3-7-12(8-4-1)11-13-9-5-2-6-10-13;12-7-6(5-3-1-2-4-5)8(13)10(15)11(16)9(7)14;/h1-9H;1-10H;1,3H,2H2;. The summed E-state index contributed by atoms with van der Waals surface area (Å²) >= 11 is -3.51. The fourth-order valence-corrected chi connectivity index (χ4v) is 15.9. The summed E-state index contributed by atoms with van der Waals surface area (Å²) in [6, 6.07) is 36.2. The predicted molar refractivity (Wildman–Crippen MR) is 157 cm³/mol. The summed E-state index contributed by atoms with van der Waals surface area (Å²) in [7, 11) is 0. The summed E-state index contributed by atoms with van der Waals surface area (Å²) < 4.78 is 75.9. The molecule has 0 nitrogen and oxygen atoms in total. The second-order valence-corrected chi connectivity index (χ2v) is 16.7. The normalized spacial score (nSPS) is 13.8. The van der Waals surface area contributed by atoms with E-state index >= 15 is 8.78 Å². The van der Waals surface area contributed by atoms with Gasteiger partial charge in [-0.05, 0) is 0 Å². The van der Waals surface area contributed by atoms with Crippen LogP contribution in [0.5, 0.6) is 0 Å². The summed E-state index contributed by atoms with van der Waals surface area (Å²) in [5.74, 6) is -9.62. The van der Waals surface area contributed by atoms with E-state index in [1.807, 2.05) is 84.9 Å². The molecule has 0 aromatic heterocycles.